The van der Waals surface area contributed by atoms with Crippen molar-refractivity contribution in [1.82, 2.24) is 19.2 Å². The van der Waals surface area contributed by atoms with Gasteiger partial charge in [0.05, 0.1) is 11.1 Å². The minimum Gasteiger partial charge on any atom is -0.509 e. The summed E-state index contributed by atoms with van der Waals surface area (Å²) in [5.74, 6) is -5.83. The Kier molecular flexibility index (Phi) is 10.4. The number of amides is 2. The smallest absolute Gasteiger partial charge is 0.416 e. The number of hydrogen-bond donors (Lipinski definition) is 4. The molecule has 10 nitrogen and oxygen atoms in total. The highest BCUT2D eigenvalue weighted by Crippen LogP contribution is 2.39. The molecule has 4 N–H and O–H groups in total. The minimum absolute atomic E-state index is 0.0177. The van der Waals surface area contributed by atoms with E-state index in [2.05, 4.69) is 16.0 Å². The van der Waals surface area contributed by atoms with Crippen LogP contribution in [0.25, 0.3) is 0 Å². The number of carbonyl (C=O) groups excluding carboxylic acids is 2. The summed E-state index contributed by atoms with van der Waals surface area (Å²) in [6.45, 7) is 1.54. The van der Waals surface area contributed by atoms with Gasteiger partial charge in [0, 0.05) is 45.0 Å². The van der Waals surface area contributed by atoms with Gasteiger partial charge >= 0.3 is 6.18 Å². The fourth-order valence-electron chi connectivity index (χ4n) is 5.64. The van der Waals surface area contributed by atoms with Gasteiger partial charge in [-0.3, -0.25) is 9.59 Å². The Balaban J connectivity index is 1.67. The zero-order valence-electron chi connectivity index (χ0n) is 25.5. The van der Waals surface area contributed by atoms with E-state index in [1.54, 1.807) is 6.92 Å². The largest absolute Gasteiger partial charge is 0.509 e. The number of carbonyl (C=O) groups is 2. The molecule has 0 unspecified atom stereocenters. The van der Waals surface area contributed by atoms with Gasteiger partial charge in [-0.1, -0.05) is 12.1 Å². The summed E-state index contributed by atoms with van der Waals surface area (Å²) >= 11 is 0. The lowest BCUT2D eigenvalue weighted by molar-refractivity contribution is -0.137. The average Bonchev–Trinajstić information content (AvgIpc) is 3.45. The number of rotatable bonds is 9. The van der Waals surface area contributed by atoms with Crippen LogP contribution in [0.2, 0.25) is 0 Å². The number of benzene rings is 2. The fraction of sp³-hybridized carbons (Fsp3) is 0.467. The Morgan fingerprint density at radius 2 is 1.78 bits per heavy atom. The first-order chi connectivity index (χ1) is 21.5. The molecule has 2 fully saturated rings. The maximum absolute atomic E-state index is 14.2. The Morgan fingerprint density at radius 1 is 1.11 bits per heavy atom. The van der Waals surface area contributed by atoms with Crippen LogP contribution < -0.4 is 16.0 Å². The quantitative estimate of drug-likeness (QED) is 0.104. The normalized spacial score (nSPS) is 20.5. The molecule has 0 bridgehead atoms. The summed E-state index contributed by atoms with van der Waals surface area (Å²) in [4.78, 5) is 27.1. The molecule has 2 heterocycles. The zero-order valence-corrected chi connectivity index (χ0v) is 26.3. The number of piperidine rings is 1. The molecule has 2 aromatic carbocycles. The Bertz CT molecular complexity index is 1620. The van der Waals surface area contributed by atoms with E-state index in [0.29, 0.717) is 19.4 Å². The van der Waals surface area contributed by atoms with Crippen LogP contribution in [-0.2, 0) is 32.5 Å². The number of nitrogens with one attached hydrogen (secondary N) is 3. The third-order valence-corrected chi connectivity index (χ3v) is 10.3. The molecule has 1 atom stereocenters. The SMILES string of the molecule is CN(C)S(=O)(=O)N1CCC(c2cc(C(F)(F)F)ccc2NC(=O)/C(C(=O)NCc2cccc(F)c2F)=C(\O)[C@@]2(C)CCCN2)CC1. The predicted octanol–water partition coefficient (Wildman–Crippen LogP) is 4.18. The number of aliphatic hydroxyl groups is 1. The van der Waals surface area contributed by atoms with Crippen LogP contribution in [0.4, 0.5) is 27.6 Å². The van der Waals surface area contributed by atoms with Crippen molar-refractivity contribution in [1.29, 1.82) is 0 Å². The lowest BCUT2D eigenvalue weighted by atomic mass is 9.87. The molecule has 2 amide bonds. The van der Waals surface area contributed by atoms with Gasteiger partial charge in [0.25, 0.3) is 22.0 Å². The van der Waals surface area contributed by atoms with Gasteiger partial charge in [0.1, 0.15) is 11.3 Å². The summed E-state index contributed by atoms with van der Waals surface area (Å²) in [7, 11) is -1.01. The van der Waals surface area contributed by atoms with Gasteiger partial charge in [-0.05, 0) is 74.9 Å². The Labute approximate surface area is 263 Å². The first kappa shape index (κ1) is 35.3. The number of anilines is 1. The molecule has 46 heavy (non-hydrogen) atoms. The predicted molar refractivity (Wildman–Crippen MR) is 160 cm³/mol. The highest BCUT2D eigenvalue weighted by Gasteiger charge is 2.39. The standard InChI is InChI=1S/C30H36F5N5O5S/c1-29(12-5-13-37-29)26(41)24(27(42)36-17-19-6-4-7-22(31)25(19)32)28(43)38-23-9-8-20(30(33,34)35)16-21(23)18-10-14-40(15-11-18)46(44,45)39(2)3/h4,6-9,16,18,37,41H,5,10-15,17H2,1-3H3,(H,36,42)(H,38,43)/b26-24-/t29-/m1/s1. The van der Waals surface area contributed by atoms with Gasteiger partial charge in [-0.2, -0.15) is 30.2 Å². The van der Waals surface area contributed by atoms with E-state index in [9.17, 15) is 45.1 Å². The lowest BCUT2D eigenvalue weighted by Crippen LogP contribution is -2.44. The Hall–Kier alpha value is -3.60. The molecule has 0 radical (unpaired) electrons. The molecule has 0 aromatic heterocycles. The molecule has 4 rings (SSSR count). The number of aliphatic hydroxyl groups excluding tert-OH is 1. The molecule has 16 heteroatoms. The number of hydrogen-bond acceptors (Lipinski definition) is 6. The van der Waals surface area contributed by atoms with Crippen LogP contribution >= 0.6 is 0 Å². The third kappa shape index (κ3) is 7.51. The maximum Gasteiger partial charge on any atom is 0.416 e. The van der Waals surface area contributed by atoms with E-state index in [1.807, 2.05) is 0 Å². The van der Waals surface area contributed by atoms with Gasteiger partial charge in [0.15, 0.2) is 11.6 Å². The van der Waals surface area contributed by atoms with Crippen LogP contribution in [-0.4, -0.2) is 73.2 Å². The highest BCUT2D eigenvalue weighted by molar-refractivity contribution is 7.86. The van der Waals surface area contributed by atoms with Crippen molar-refractivity contribution < 1.29 is 45.1 Å². The zero-order chi connectivity index (χ0) is 34.0. The van der Waals surface area contributed by atoms with Crippen molar-refractivity contribution in [2.24, 2.45) is 0 Å². The van der Waals surface area contributed by atoms with Crippen molar-refractivity contribution in [2.45, 2.75) is 56.8 Å². The summed E-state index contributed by atoms with van der Waals surface area (Å²) in [5.41, 5.74) is -3.14. The second-order valence-electron chi connectivity index (χ2n) is 11.7. The molecule has 2 aliphatic heterocycles. The molecule has 2 saturated heterocycles. The average molecular weight is 674 g/mol. The molecule has 0 aliphatic carbocycles. The molecule has 2 aliphatic rings. The molecule has 0 spiro atoms. The lowest BCUT2D eigenvalue weighted by Gasteiger charge is -2.34. The molecular weight excluding hydrogens is 637 g/mol. The summed E-state index contributed by atoms with van der Waals surface area (Å²) in [5, 5.41) is 19.1. The van der Waals surface area contributed by atoms with Crippen molar-refractivity contribution >= 4 is 27.7 Å². The van der Waals surface area contributed by atoms with E-state index in [0.717, 1.165) is 28.6 Å². The molecule has 252 valence electrons. The number of halogens is 5. The topological polar surface area (TPSA) is 131 Å². The molecular formula is C30H36F5N5O5S. The second-order valence-corrected chi connectivity index (χ2v) is 13.8. The van der Waals surface area contributed by atoms with Crippen LogP contribution in [0.1, 0.15) is 55.2 Å². The van der Waals surface area contributed by atoms with Crippen LogP contribution in [0.5, 0.6) is 0 Å². The monoisotopic (exact) mass is 673 g/mol. The van der Waals surface area contributed by atoms with Crippen LogP contribution in [0, 0.1) is 11.6 Å². The van der Waals surface area contributed by atoms with Crippen molar-refractivity contribution in [2.75, 3.05) is 39.0 Å². The summed E-state index contributed by atoms with van der Waals surface area (Å²) in [6, 6.07) is 6.04. The Morgan fingerprint density at radius 3 is 2.37 bits per heavy atom. The van der Waals surface area contributed by atoms with E-state index in [1.165, 1.54) is 30.5 Å². The first-order valence-corrected chi connectivity index (χ1v) is 16.0. The first-order valence-electron chi connectivity index (χ1n) is 14.6. The van der Waals surface area contributed by atoms with E-state index in [4.69, 9.17) is 0 Å². The molecule has 2 aromatic rings. The molecule has 0 saturated carbocycles. The van der Waals surface area contributed by atoms with Crippen LogP contribution in [0.15, 0.2) is 47.7 Å². The van der Waals surface area contributed by atoms with Crippen molar-refractivity contribution in [3.05, 3.63) is 76.1 Å². The van der Waals surface area contributed by atoms with Gasteiger partial charge < -0.3 is 21.1 Å². The number of nitrogens with zero attached hydrogens (tertiary/aromatic N) is 2. The van der Waals surface area contributed by atoms with E-state index in [-0.39, 0.29) is 42.7 Å². The van der Waals surface area contributed by atoms with Crippen molar-refractivity contribution in [3.63, 3.8) is 0 Å². The minimum atomic E-state index is -4.72. The van der Waals surface area contributed by atoms with Gasteiger partial charge in [-0.15, -0.1) is 0 Å². The summed E-state index contributed by atoms with van der Waals surface area (Å²) in [6.07, 6.45) is -3.47. The van der Waals surface area contributed by atoms with E-state index >= 15 is 0 Å². The number of alkyl halides is 3. The summed E-state index contributed by atoms with van der Waals surface area (Å²) < 4.78 is 96.6. The van der Waals surface area contributed by atoms with Crippen molar-refractivity contribution in [3.8, 4) is 0 Å². The maximum atomic E-state index is 14.2. The highest BCUT2D eigenvalue weighted by atomic mass is 32.2. The van der Waals surface area contributed by atoms with Crippen LogP contribution in [0.3, 0.4) is 0 Å². The second kappa shape index (κ2) is 13.6. The third-order valence-electron chi connectivity index (χ3n) is 8.36. The van der Waals surface area contributed by atoms with Gasteiger partial charge in [-0.25, -0.2) is 8.78 Å². The van der Waals surface area contributed by atoms with Gasteiger partial charge in [0.2, 0.25) is 0 Å². The van der Waals surface area contributed by atoms with E-state index < -0.39 is 74.7 Å². The fourth-order valence-corrected chi connectivity index (χ4v) is 6.78.